The molecule has 2 aromatic heterocycles. The van der Waals surface area contributed by atoms with Crippen molar-refractivity contribution < 1.29 is 29.0 Å². The molecule has 57 heavy (non-hydrogen) atoms. The number of nitrogens with zero attached hydrogens (tertiary/aromatic N) is 4. The smallest absolute Gasteiger partial charge is 0.407 e. The monoisotopic (exact) mass is 772 g/mol. The van der Waals surface area contributed by atoms with Crippen LogP contribution in [-0.2, 0) is 14.3 Å². The molecule has 0 bridgehead atoms. The number of methoxy groups -OCH3 is 1. The summed E-state index contributed by atoms with van der Waals surface area (Å²) in [6, 6.07) is 13.5. The zero-order valence-electron chi connectivity index (χ0n) is 32.8. The fraction of sp³-hybridized carbons (Fsp3) is 0.395. The van der Waals surface area contributed by atoms with Crippen LogP contribution in [0.1, 0.15) is 88.2 Å². The van der Waals surface area contributed by atoms with Crippen molar-refractivity contribution in [2.75, 3.05) is 20.2 Å². The molecular formula is C43H48N8O6. The zero-order valence-corrected chi connectivity index (χ0v) is 32.8. The second kappa shape index (κ2) is 17.9. The number of hydrogen-bond donors (Lipinski definition) is 5. The minimum absolute atomic E-state index is 0.110. The maximum atomic E-state index is 13.5. The molecule has 4 aromatic rings. The normalized spacial score (nSPS) is 17.3. The Kier molecular flexibility index (Phi) is 12.6. The number of hydrogen-bond acceptors (Lipinski definition) is 7. The molecule has 6 rings (SSSR count). The lowest BCUT2D eigenvalue weighted by Gasteiger charge is -2.30. The van der Waals surface area contributed by atoms with Gasteiger partial charge in [0, 0.05) is 24.2 Å². The van der Waals surface area contributed by atoms with Gasteiger partial charge in [-0.3, -0.25) is 9.59 Å². The Morgan fingerprint density at radius 3 is 1.53 bits per heavy atom. The van der Waals surface area contributed by atoms with Gasteiger partial charge in [0.2, 0.25) is 11.8 Å². The molecule has 2 fully saturated rings. The van der Waals surface area contributed by atoms with E-state index in [1.54, 1.807) is 22.2 Å². The van der Waals surface area contributed by atoms with Gasteiger partial charge in [-0.1, -0.05) is 63.8 Å². The molecule has 4 amide bonds. The Hall–Kier alpha value is -6.54. The summed E-state index contributed by atoms with van der Waals surface area (Å²) in [6.45, 7) is 8.56. The molecule has 0 saturated carbocycles. The van der Waals surface area contributed by atoms with Crippen LogP contribution < -0.4 is 10.6 Å². The van der Waals surface area contributed by atoms with Crippen LogP contribution in [0.15, 0.2) is 60.9 Å². The van der Waals surface area contributed by atoms with Gasteiger partial charge < -0.3 is 40.2 Å². The minimum atomic E-state index is -1.22. The summed E-state index contributed by atoms with van der Waals surface area (Å²) in [5.74, 6) is 12.7. The number of rotatable bonds is 10. The highest BCUT2D eigenvalue weighted by molar-refractivity contribution is 5.87. The number of likely N-dealkylation sites (tertiary alicyclic amines) is 2. The third kappa shape index (κ3) is 9.47. The van der Waals surface area contributed by atoms with Crippen LogP contribution in [0.2, 0.25) is 0 Å². The number of ether oxygens (including phenoxy) is 1. The number of amides is 4. The quantitative estimate of drug-likeness (QED) is 0.124. The summed E-state index contributed by atoms with van der Waals surface area (Å²) >= 11 is 0. The highest BCUT2D eigenvalue weighted by atomic mass is 16.5. The van der Waals surface area contributed by atoms with Crippen LogP contribution >= 0.6 is 0 Å². The van der Waals surface area contributed by atoms with Crippen molar-refractivity contribution in [3.05, 3.63) is 83.7 Å². The number of H-pyrrole nitrogens is 2. The molecular weight excluding hydrogens is 725 g/mol. The number of imidazole rings is 2. The second-order valence-corrected chi connectivity index (χ2v) is 14.9. The van der Waals surface area contributed by atoms with Crippen LogP contribution in [-0.4, -0.2) is 91.1 Å². The fourth-order valence-corrected chi connectivity index (χ4v) is 7.31. The first-order valence-corrected chi connectivity index (χ1v) is 19.2. The summed E-state index contributed by atoms with van der Waals surface area (Å²) in [5, 5.41) is 14.3. The molecule has 2 aromatic carbocycles. The molecule has 4 heterocycles. The van der Waals surface area contributed by atoms with E-state index in [-0.39, 0.29) is 35.7 Å². The van der Waals surface area contributed by atoms with Crippen LogP contribution in [0.4, 0.5) is 9.59 Å². The predicted molar refractivity (Wildman–Crippen MR) is 213 cm³/mol. The van der Waals surface area contributed by atoms with Crippen LogP contribution in [0.25, 0.3) is 22.5 Å². The highest BCUT2D eigenvalue weighted by Crippen LogP contribution is 2.34. The van der Waals surface area contributed by atoms with Crippen molar-refractivity contribution in [1.29, 1.82) is 0 Å². The zero-order chi connectivity index (χ0) is 40.6. The van der Waals surface area contributed by atoms with Gasteiger partial charge in [0.25, 0.3) is 0 Å². The molecule has 14 nitrogen and oxygen atoms in total. The molecule has 2 aliphatic heterocycles. The Morgan fingerprint density at radius 2 is 1.14 bits per heavy atom. The van der Waals surface area contributed by atoms with Gasteiger partial charge in [-0.25, -0.2) is 19.6 Å². The lowest BCUT2D eigenvalue weighted by molar-refractivity contribution is -0.136. The Bertz CT molecular complexity index is 2200. The van der Waals surface area contributed by atoms with Gasteiger partial charge in [-0.05, 0) is 84.8 Å². The summed E-state index contributed by atoms with van der Waals surface area (Å²) in [7, 11) is 1.28. The first-order chi connectivity index (χ1) is 27.4. The summed E-state index contributed by atoms with van der Waals surface area (Å²) in [4.78, 5) is 69.5. The average molecular weight is 773 g/mol. The number of benzene rings is 2. The molecule has 2 saturated heterocycles. The Morgan fingerprint density at radius 1 is 0.719 bits per heavy atom. The number of carbonyl (C=O) groups excluding carboxylic acids is 3. The molecule has 0 spiro atoms. The highest BCUT2D eigenvalue weighted by Gasteiger charge is 2.39. The fourth-order valence-electron chi connectivity index (χ4n) is 7.31. The lowest BCUT2D eigenvalue weighted by atomic mass is 10.0. The maximum Gasteiger partial charge on any atom is 0.407 e. The van der Waals surface area contributed by atoms with E-state index >= 15 is 0 Å². The number of aromatic amines is 2. The molecule has 0 unspecified atom stereocenters. The third-order valence-electron chi connectivity index (χ3n) is 10.4. The standard InChI is InChI=1S/C43H48N8O6/c1-26(2)36(48-42(54)55)40(52)50-22-8-12-34(50)38-44-24-32(46-38)30-18-14-28(15-19-30)10-6-7-11-29-16-20-31(21-17-29)33-25-45-39(47-33)35-13-9-23-51(35)41(53)37(27(3)4)49-43(56)57-5/h14-21,24-27,34-37,48H,8-9,12-13,22-23H2,1-5H3,(H,44,46)(H,45,47)(H,49,56)(H,54,55)/t34-,35-,36-,37-/m0/s1. The molecule has 14 heteroatoms. The van der Waals surface area contributed by atoms with E-state index in [2.05, 4.69) is 54.3 Å². The van der Waals surface area contributed by atoms with Crippen molar-refractivity contribution in [2.45, 2.75) is 77.5 Å². The van der Waals surface area contributed by atoms with Gasteiger partial charge in [0.05, 0.1) is 43.0 Å². The van der Waals surface area contributed by atoms with Crippen molar-refractivity contribution >= 4 is 24.0 Å². The Labute approximate surface area is 332 Å². The second-order valence-electron chi connectivity index (χ2n) is 14.9. The van der Waals surface area contributed by atoms with Crippen molar-refractivity contribution in [3.63, 3.8) is 0 Å². The van der Waals surface area contributed by atoms with Gasteiger partial charge >= 0.3 is 12.2 Å². The number of carboxylic acid groups (broad SMARTS) is 1. The molecule has 296 valence electrons. The number of aromatic nitrogens is 4. The van der Waals surface area contributed by atoms with Crippen LogP contribution in [0.3, 0.4) is 0 Å². The number of carbonyl (C=O) groups is 4. The molecule has 0 aliphatic carbocycles. The van der Waals surface area contributed by atoms with E-state index in [1.807, 2.05) is 76.2 Å². The first kappa shape index (κ1) is 40.1. The Balaban J connectivity index is 1.05. The summed E-state index contributed by atoms with van der Waals surface area (Å²) in [6.07, 6.45) is 4.82. The summed E-state index contributed by atoms with van der Waals surface area (Å²) in [5.41, 5.74) is 5.10. The molecule has 5 N–H and O–H groups in total. The first-order valence-electron chi connectivity index (χ1n) is 19.2. The van der Waals surface area contributed by atoms with Gasteiger partial charge in [0.1, 0.15) is 23.7 Å². The van der Waals surface area contributed by atoms with Crippen LogP contribution in [0.5, 0.6) is 0 Å². The topological polar surface area (TPSA) is 186 Å². The van der Waals surface area contributed by atoms with Gasteiger partial charge in [-0.15, -0.1) is 0 Å². The lowest BCUT2D eigenvalue weighted by Crippen LogP contribution is -2.51. The third-order valence-corrected chi connectivity index (χ3v) is 10.4. The molecule has 0 radical (unpaired) electrons. The van der Waals surface area contributed by atoms with E-state index < -0.39 is 24.3 Å². The average Bonchev–Trinajstić information content (AvgIpc) is 4.04. The van der Waals surface area contributed by atoms with E-state index in [1.165, 1.54) is 7.11 Å². The minimum Gasteiger partial charge on any atom is -0.465 e. The van der Waals surface area contributed by atoms with Gasteiger partial charge in [-0.2, -0.15) is 0 Å². The molecule has 2 aliphatic rings. The number of alkyl carbamates (subject to hydrolysis) is 1. The predicted octanol–water partition coefficient (Wildman–Crippen LogP) is 5.87. The van der Waals surface area contributed by atoms with Gasteiger partial charge in [0.15, 0.2) is 0 Å². The van der Waals surface area contributed by atoms with Crippen LogP contribution in [0, 0.1) is 35.5 Å². The summed E-state index contributed by atoms with van der Waals surface area (Å²) < 4.78 is 4.74. The van der Waals surface area contributed by atoms with E-state index in [0.717, 1.165) is 59.3 Å². The van der Waals surface area contributed by atoms with E-state index in [4.69, 9.17) is 4.74 Å². The molecule has 4 atom stereocenters. The number of nitrogens with one attached hydrogen (secondary N) is 4. The van der Waals surface area contributed by atoms with E-state index in [0.29, 0.717) is 24.7 Å². The maximum absolute atomic E-state index is 13.5. The van der Waals surface area contributed by atoms with E-state index in [9.17, 15) is 24.3 Å². The largest absolute Gasteiger partial charge is 0.465 e. The SMILES string of the molecule is COC(=O)N[C@H](C(=O)N1CCC[C@H]1c1ncc(-c2ccc(C#CC#Cc3ccc(-c4cnc([C@@H]5CCCN5C(=O)[C@@H](NC(=O)O)C(C)C)[nH]4)cc3)cc2)[nH]1)C(C)C. The van der Waals surface area contributed by atoms with Crippen molar-refractivity contribution in [3.8, 4) is 46.2 Å². The van der Waals surface area contributed by atoms with Crippen molar-refractivity contribution in [1.82, 2.24) is 40.4 Å². The van der Waals surface area contributed by atoms with Crippen molar-refractivity contribution in [2.24, 2.45) is 11.8 Å².